The molecule has 4 nitrogen and oxygen atoms in total. The molecule has 0 fully saturated rings. The lowest BCUT2D eigenvalue weighted by Gasteiger charge is -2.18. The van der Waals surface area contributed by atoms with Gasteiger partial charge in [0, 0.05) is 20.0 Å². The van der Waals surface area contributed by atoms with Crippen molar-refractivity contribution >= 4 is 5.91 Å². The summed E-state index contributed by atoms with van der Waals surface area (Å²) in [5.74, 6) is 1.61. The molecule has 0 aliphatic heterocycles. The van der Waals surface area contributed by atoms with Crippen molar-refractivity contribution in [2.75, 3.05) is 26.7 Å². The molecule has 118 valence electrons. The molecule has 2 N–H and O–H groups in total. The lowest BCUT2D eigenvalue weighted by atomic mass is 10.0. The average Bonchev–Trinajstić information content (AvgIpc) is 2.50. The number of carbonyl (C=O) groups excluding carboxylic acids is 1. The lowest BCUT2D eigenvalue weighted by Crippen LogP contribution is -2.28. The van der Waals surface area contributed by atoms with Crippen LogP contribution < -0.4 is 10.5 Å². The molecule has 0 aliphatic carbocycles. The molecule has 4 heteroatoms. The molecule has 1 aromatic carbocycles. The Kier molecular flexibility index (Phi) is 8.51. The molecule has 0 spiro atoms. The minimum atomic E-state index is 0.207. The second kappa shape index (κ2) is 10.2. The Labute approximate surface area is 128 Å². The zero-order valence-electron chi connectivity index (χ0n) is 13.3. The summed E-state index contributed by atoms with van der Waals surface area (Å²) in [4.78, 5) is 13.8. The van der Waals surface area contributed by atoms with Crippen molar-refractivity contribution in [3.05, 3.63) is 30.3 Å². The summed E-state index contributed by atoms with van der Waals surface area (Å²) in [6, 6.07) is 9.74. The number of benzene rings is 1. The van der Waals surface area contributed by atoms with Gasteiger partial charge in [0.15, 0.2) is 0 Å². The molecule has 0 saturated heterocycles. The molecule has 21 heavy (non-hydrogen) atoms. The van der Waals surface area contributed by atoms with Gasteiger partial charge < -0.3 is 15.4 Å². The fourth-order valence-electron chi connectivity index (χ4n) is 2.12. The zero-order valence-corrected chi connectivity index (χ0v) is 13.3. The Morgan fingerprint density at radius 3 is 2.67 bits per heavy atom. The summed E-state index contributed by atoms with van der Waals surface area (Å²) in [6.07, 6.45) is 3.36. The number of hydrogen-bond donors (Lipinski definition) is 1. The van der Waals surface area contributed by atoms with Gasteiger partial charge in [-0.3, -0.25) is 4.79 Å². The highest BCUT2D eigenvalue weighted by molar-refractivity contribution is 5.75. The predicted octanol–water partition coefficient (Wildman–Crippen LogP) is 2.68. The molecule has 0 bridgehead atoms. The van der Waals surface area contributed by atoms with Crippen LogP contribution in [-0.2, 0) is 4.79 Å². The number of nitrogens with zero attached hydrogens (tertiary/aromatic N) is 1. The van der Waals surface area contributed by atoms with Crippen molar-refractivity contribution in [1.82, 2.24) is 4.90 Å². The number of rotatable bonds is 10. The SMILES string of the molecule is CC(CCN)CCC(=O)N(C)CCCOc1ccccc1. The monoisotopic (exact) mass is 292 g/mol. The van der Waals surface area contributed by atoms with Crippen molar-refractivity contribution in [3.63, 3.8) is 0 Å². The third-order valence-corrected chi connectivity index (χ3v) is 3.59. The minimum Gasteiger partial charge on any atom is -0.494 e. The van der Waals surface area contributed by atoms with Crippen molar-refractivity contribution in [2.24, 2.45) is 11.7 Å². The van der Waals surface area contributed by atoms with Crippen LogP contribution in [0, 0.1) is 5.92 Å². The van der Waals surface area contributed by atoms with E-state index >= 15 is 0 Å². The first-order valence-electron chi connectivity index (χ1n) is 7.75. The van der Waals surface area contributed by atoms with Crippen LogP contribution in [0.3, 0.4) is 0 Å². The van der Waals surface area contributed by atoms with Crippen LogP contribution in [0.1, 0.15) is 32.6 Å². The highest BCUT2D eigenvalue weighted by Crippen LogP contribution is 2.11. The van der Waals surface area contributed by atoms with Crippen LogP contribution in [0.5, 0.6) is 5.75 Å². The first-order chi connectivity index (χ1) is 10.1. The van der Waals surface area contributed by atoms with E-state index < -0.39 is 0 Å². The van der Waals surface area contributed by atoms with Crippen LogP contribution in [0.4, 0.5) is 0 Å². The second-order valence-corrected chi connectivity index (χ2v) is 5.55. The summed E-state index contributed by atoms with van der Waals surface area (Å²) < 4.78 is 5.61. The summed E-state index contributed by atoms with van der Waals surface area (Å²) in [7, 11) is 1.86. The number of para-hydroxylation sites is 1. The van der Waals surface area contributed by atoms with E-state index in [1.165, 1.54) is 0 Å². The summed E-state index contributed by atoms with van der Waals surface area (Å²) >= 11 is 0. The molecular formula is C17H28N2O2. The van der Waals surface area contributed by atoms with E-state index in [0.717, 1.165) is 31.6 Å². The van der Waals surface area contributed by atoms with Crippen LogP contribution in [-0.4, -0.2) is 37.6 Å². The number of ether oxygens (including phenoxy) is 1. The molecule has 1 rings (SSSR count). The van der Waals surface area contributed by atoms with Gasteiger partial charge >= 0.3 is 0 Å². The third kappa shape index (κ3) is 7.71. The normalized spacial score (nSPS) is 12.0. The Balaban J connectivity index is 2.12. The molecule has 1 aromatic rings. The van der Waals surface area contributed by atoms with E-state index in [1.54, 1.807) is 4.90 Å². The molecule has 1 unspecified atom stereocenters. The predicted molar refractivity (Wildman–Crippen MR) is 86.3 cm³/mol. The average molecular weight is 292 g/mol. The van der Waals surface area contributed by atoms with Crippen molar-refractivity contribution in [1.29, 1.82) is 0 Å². The van der Waals surface area contributed by atoms with Gasteiger partial charge in [-0.05, 0) is 43.9 Å². The van der Waals surface area contributed by atoms with E-state index in [9.17, 15) is 4.79 Å². The molecule has 0 radical (unpaired) electrons. The Hall–Kier alpha value is -1.55. The highest BCUT2D eigenvalue weighted by atomic mass is 16.5. The maximum atomic E-state index is 12.0. The zero-order chi connectivity index (χ0) is 15.5. The topological polar surface area (TPSA) is 55.6 Å². The summed E-state index contributed by atoms with van der Waals surface area (Å²) in [5, 5.41) is 0. The Bertz CT molecular complexity index is 395. The fraction of sp³-hybridized carbons (Fsp3) is 0.588. The van der Waals surface area contributed by atoms with E-state index in [1.807, 2.05) is 37.4 Å². The summed E-state index contributed by atoms with van der Waals surface area (Å²) in [5.41, 5.74) is 5.52. The molecule has 1 atom stereocenters. The van der Waals surface area contributed by atoms with Gasteiger partial charge in [0.2, 0.25) is 5.91 Å². The lowest BCUT2D eigenvalue weighted by molar-refractivity contribution is -0.130. The van der Waals surface area contributed by atoms with E-state index in [2.05, 4.69) is 6.92 Å². The van der Waals surface area contributed by atoms with Crippen LogP contribution in [0.15, 0.2) is 30.3 Å². The highest BCUT2D eigenvalue weighted by Gasteiger charge is 2.10. The maximum Gasteiger partial charge on any atom is 0.222 e. The Morgan fingerprint density at radius 1 is 1.29 bits per heavy atom. The van der Waals surface area contributed by atoms with Crippen molar-refractivity contribution in [2.45, 2.75) is 32.6 Å². The van der Waals surface area contributed by atoms with E-state index in [-0.39, 0.29) is 5.91 Å². The first-order valence-corrected chi connectivity index (χ1v) is 7.75. The number of nitrogens with two attached hydrogens (primary N) is 1. The van der Waals surface area contributed by atoms with Gasteiger partial charge in [0.25, 0.3) is 0 Å². The minimum absolute atomic E-state index is 0.207. The molecule has 0 saturated carbocycles. The number of carbonyl (C=O) groups is 1. The van der Waals surface area contributed by atoms with E-state index in [0.29, 0.717) is 25.5 Å². The smallest absolute Gasteiger partial charge is 0.222 e. The molecule has 0 aromatic heterocycles. The second-order valence-electron chi connectivity index (χ2n) is 5.55. The van der Waals surface area contributed by atoms with Crippen molar-refractivity contribution in [3.8, 4) is 5.75 Å². The quantitative estimate of drug-likeness (QED) is 0.675. The third-order valence-electron chi connectivity index (χ3n) is 3.59. The van der Waals surface area contributed by atoms with Gasteiger partial charge in [-0.2, -0.15) is 0 Å². The number of amides is 1. The van der Waals surface area contributed by atoms with Crippen LogP contribution in [0.25, 0.3) is 0 Å². The molecule has 0 heterocycles. The van der Waals surface area contributed by atoms with Crippen LogP contribution >= 0.6 is 0 Å². The largest absolute Gasteiger partial charge is 0.494 e. The van der Waals surface area contributed by atoms with Gasteiger partial charge in [0.1, 0.15) is 5.75 Å². The first kappa shape index (κ1) is 17.5. The summed E-state index contributed by atoms with van der Waals surface area (Å²) in [6.45, 7) is 4.21. The Morgan fingerprint density at radius 2 is 2.00 bits per heavy atom. The maximum absolute atomic E-state index is 12.0. The standard InChI is InChI=1S/C17H28N2O2/c1-15(11-12-18)9-10-17(20)19(2)13-6-14-21-16-7-4-3-5-8-16/h3-5,7-8,15H,6,9-14,18H2,1-2H3. The van der Waals surface area contributed by atoms with Gasteiger partial charge in [-0.1, -0.05) is 25.1 Å². The number of hydrogen-bond acceptors (Lipinski definition) is 3. The van der Waals surface area contributed by atoms with Gasteiger partial charge in [0.05, 0.1) is 6.61 Å². The van der Waals surface area contributed by atoms with Gasteiger partial charge in [-0.15, -0.1) is 0 Å². The molecular weight excluding hydrogens is 264 g/mol. The fourth-order valence-corrected chi connectivity index (χ4v) is 2.12. The van der Waals surface area contributed by atoms with Crippen LogP contribution in [0.2, 0.25) is 0 Å². The molecule has 1 amide bonds. The van der Waals surface area contributed by atoms with Gasteiger partial charge in [-0.25, -0.2) is 0 Å². The van der Waals surface area contributed by atoms with E-state index in [4.69, 9.17) is 10.5 Å². The van der Waals surface area contributed by atoms with Crippen molar-refractivity contribution < 1.29 is 9.53 Å². The molecule has 0 aliphatic rings.